The number of aromatic nitrogens is 2. The van der Waals surface area contributed by atoms with Gasteiger partial charge < -0.3 is 19.9 Å². The second-order valence-electron chi connectivity index (χ2n) is 6.45. The van der Waals surface area contributed by atoms with Gasteiger partial charge in [0, 0.05) is 56.9 Å². The third-order valence-electron chi connectivity index (χ3n) is 4.51. The monoisotopic (exact) mass is 397 g/mol. The summed E-state index contributed by atoms with van der Waals surface area (Å²) in [5.74, 6) is -0.562. The molecule has 3 heterocycles. The van der Waals surface area contributed by atoms with Gasteiger partial charge in [-0.2, -0.15) is 0 Å². The second kappa shape index (κ2) is 9.63. The molecule has 9 nitrogen and oxygen atoms in total. The molecule has 1 aliphatic heterocycles. The molecule has 0 unspecified atom stereocenters. The Kier molecular flexibility index (Phi) is 6.72. The summed E-state index contributed by atoms with van der Waals surface area (Å²) in [6.45, 7) is 4.03. The molecular formula is C20H23N5O4. The van der Waals surface area contributed by atoms with E-state index in [1.807, 2.05) is 6.07 Å². The van der Waals surface area contributed by atoms with Crippen molar-refractivity contribution in [2.45, 2.75) is 13.5 Å². The number of hydrogen-bond acceptors (Lipinski definition) is 6. The predicted octanol–water partition coefficient (Wildman–Crippen LogP) is 1.32. The van der Waals surface area contributed by atoms with Crippen LogP contribution in [0.3, 0.4) is 0 Å². The van der Waals surface area contributed by atoms with Gasteiger partial charge in [0.05, 0.1) is 6.61 Å². The highest BCUT2D eigenvalue weighted by atomic mass is 16.6. The van der Waals surface area contributed by atoms with Gasteiger partial charge in [0.15, 0.2) is 0 Å². The number of nitrogens with one attached hydrogen (secondary N) is 1. The summed E-state index contributed by atoms with van der Waals surface area (Å²) < 4.78 is 4.99. The predicted molar refractivity (Wildman–Crippen MR) is 104 cm³/mol. The van der Waals surface area contributed by atoms with Gasteiger partial charge in [0.25, 0.3) is 11.8 Å². The van der Waals surface area contributed by atoms with Crippen molar-refractivity contribution >= 4 is 17.9 Å². The van der Waals surface area contributed by atoms with Gasteiger partial charge in [-0.15, -0.1) is 0 Å². The second-order valence-corrected chi connectivity index (χ2v) is 6.45. The van der Waals surface area contributed by atoms with E-state index in [0.717, 1.165) is 5.56 Å². The third kappa shape index (κ3) is 5.28. The normalized spacial score (nSPS) is 13.7. The fourth-order valence-corrected chi connectivity index (χ4v) is 2.95. The maximum Gasteiger partial charge on any atom is 0.409 e. The van der Waals surface area contributed by atoms with Crippen molar-refractivity contribution in [2.24, 2.45) is 0 Å². The number of carbonyl (C=O) groups excluding carboxylic acids is 3. The molecule has 0 spiro atoms. The van der Waals surface area contributed by atoms with Crippen LogP contribution in [-0.2, 0) is 11.3 Å². The highest BCUT2D eigenvalue weighted by Crippen LogP contribution is 2.11. The van der Waals surface area contributed by atoms with E-state index in [1.54, 1.807) is 41.2 Å². The number of ether oxygens (including phenoxy) is 1. The van der Waals surface area contributed by atoms with Crippen LogP contribution >= 0.6 is 0 Å². The Morgan fingerprint density at radius 1 is 1.10 bits per heavy atom. The first-order valence-electron chi connectivity index (χ1n) is 9.42. The molecule has 1 aliphatic rings. The molecule has 2 aromatic rings. The van der Waals surface area contributed by atoms with Crippen LogP contribution in [0.5, 0.6) is 0 Å². The lowest BCUT2D eigenvalue weighted by Gasteiger charge is -2.34. The van der Waals surface area contributed by atoms with Crippen molar-refractivity contribution in [1.82, 2.24) is 25.1 Å². The van der Waals surface area contributed by atoms with Crippen LogP contribution in [0.2, 0.25) is 0 Å². The average molecular weight is 397 g/mol. The van der Waals surface area contributed by atoms with Gasteiger partial charge in [-0.05, 0) is 30.7 Å². The minimum atomic E-state index is -0.365. The van der Waals surface area contributed by atoms with Crippen molar-refractivity contribution < 1.29 is 19.1 Å². The van der Waals surface area contributed by atoms with Gasteiger partial charge >= 0.3 is 6.09 Å². The molecule has 29 heavy (non-hydrogen) atoms. The molecule has 9 heteroatoms. The minimum Gasteiger partial charge on any atom is -0.450 e. The summed E-state index contributed by atoms with van der Waals surface area (Å²) in [7, 11) is 0. The summed E-state index contributed by atoms with van der Waals surface area (Å²) >= 11 is 0. The van der Waals surface area contributed by atoms with Gasteiger partial charge in [-0.3, -0.25) is 19.6 Å². The van der Waals surface area contributed by atoms with E-state index in [9.17, 15) is 14.4 Å². The first-order valence-corrected chi connectivity index (χ1v) is 9.42. The topological polar surface area (TPSA) is 105 Å². The fraction of sp³-hybridized carbons (Fsp3) is 0.350. The number of piperazine rings is 1. The average Bonchev–Trinajstić information content (AvgIpc) is 2.78. The molecule has 2 aromatic heterocycles. The van der Waals surface area contributed by atoms with Gasteiger partial charge in [-0.1, -0.05) is 6.07 Å². The van der Waals surface area contributed by atoms with E-state index < -0.39 is 0 Å². The van der Waals surface area contributed by atoms with E-state index >= 15 is 0 Å². The van der Waals surface area contributed by atoms with E-state index in [1.165, 1.54) is 12.3 Å². The number of pyridine rings is 2. The lowest BCUT2D eigenvalue weighted by Crippen LogP contribution is -2.50. The Labute approximate surface area is 168 Å². The smallest absolute Gasteiger partial charge is 0.409 e. The summed E-state index contributed by atoms with van der Waals surface area (Å²) in [6, 6.07) is 6.72. The molecule has 0 radical (unpaired) electrons. The standard InChI is InChI=1S/C20H23N5O4/c1-2-29-20(28)25-10-8-24(9-11-25)19(27)16-5-7-22-17(12-16)18(26)23-14-15-4-3-6-21-13-15/h3-7,12-13H,2,8-11,14H2,1H3,(H,23,26). The quantitative estimate of drug-likeness (QED) is 0.816. The Bertz CT molecular complexity index is 866. The number of carbonyl (C=O) groups is 3. The molecule has 0 aromatic carbocycles. The Morgan fingerprint density at radius 3 is 2.55 bits per heavy atom. The van der Waals surface area contributed by atoms with E-state index in [0.29, 0.717) is 44.9 Å². The maximum atomic E-state index is 12.8. The van der Waals surface area contributed by atoms with Gasteiger partial charge in [-0.25, -0.2) is 4.79 Å². The lowest BCUT2D eigenvalue weighted by molar-refractivity contribution is 0.0570. The van der Waals surface area contributed by atoms with Crippen LogP contribution in [0, 0.1) is 0 Å². The van der Waals surface area contributed by atoms with E-state index in [4.69, 9.17) is 4.74 Å². The van der Waals surface area contributed by atoms with Crippen LogP contribution in [0.25, 0.3) is 0 Å². The van der Waals surface area contributed by atoms with Crippen LogP contribution < -0.4 is 5.32 Å². The number of rotatable bonds is 5. The zero-order chi connectivity index (χ0) is 20.6. The molecule has 1 N–H and O–H groups in total. The van der Waals surface area contributed by atoms with Crippen molar-refractivity contribution in [2.75, 3.05) is 32.8 Å². The van der Waals surface area contributed by atoms with Crippen molar-refractivity contribution in [1.29, 1.82) is 0 Å². The summed E-state index contributed by atoms with van der Waals surface area (Å²) in [5.41, 5.74) is 1.42. The molecule has 1 saturated heterocycles. The summed E-state index contributed by atoms with van der Waals surface area (Å²) in [4.78, 5) is 48.2. The van der Waals surface area contributed by atoms with E-state index in [2.05, 4.69) is 15.3 Å². The molecule has 3 rings (SSSR count). The Balaban J connectivity index is 1.58. The SMILES string of the molecule is CCOC(=O)N1CCN(C(=O)c2ccnc(C(=O)NCc3cccnc3)c2)CC1. The number of nitrogens with zero attached hydrogens (tertiary/aromatic N) is 4. The lowest BCUT2D eigenvalue weighted by atomic mass is 10.1. The Hall–Kier alpha value is -3.49. The zero-order valence-electron chi connectivity index (χ0n) is 16.2. The minimum absolute atomic E-state index is 0.171. The zero-order valence-corrected chi connectivity index (χ0v) is 16.2. The molecule has 0 bridgehead atoms. The molecule has 0 saturated carbocycles. The van der Waals surface area contributed by atoms with Crippen molar-refractivity contribution in [3.63, 3.8) is 0 Å². The Morgan fingerprint density at radius 2 is 1.86 bits per heavy atom. The summed E-state index contributed by atoms with van der Waals surface area (Å²) in [6.07, 6.45) is 4.41. The highest BCUT2D eigenvalue weighted by Gasteiger charge is 2.26. The molecule has 3 amide bonds. The van der Waals surface area contributed by atoms with Crippen LogP contribution in [-0.4, -0.2) is 70.5 Å². The number of amides is 3. The first-order chi connectivity index (χ1) is 14.1. The third-order valence-corrected chi connectivity index (χ3v) is 4.51. The van der Waals surface area contributed by atoms with Crippen molar-refractivity contribution in [3.05, 3.63) is 59.7 Å². The summed E-state index contributed by atoms with van der Waals surface area (Å²) in [5, 5.41) is 2.77. The maximum absolute atomic E-state index is 12.8. The highest BCUT2D eigenvalue weighted by molar-refractivity contribution is 5.98. The van der Waals surface area contributed by atoms with E-state index in [-0.39, 0.29) is 23.6 Å². The van der Waals surface area contributed by atoms with Gasteiger partial charge in [0.2, 0.25) is 0 Å². The van der Waals surface area contributed by atoms with Crippen LogP contribution in [0.1, 0.15) is 33.3 Å². The first kappa shape index (κ1) is 20.2. The van der Waals surface area contributed by atoms with Crippen LogP contribution in [0.15, 0.2) is 42.9 Å². The van der Waals surface area contributed by atoms with Crippen molar-refractivity contribution in [3.8, 4) is 0 Å². The number of hydrogen-bond donors (Lipinski definition) is 1. The molecular weight excluding hydrogens is 374 g/mol. The van der Waals surface area contributed by atoms with Crippen LogP contribution in [0.4, 0.5) is 4.79 Å². The molecule has 0 aliphatic carbocycles. The fourth-order valence-electron chi connectivity index (χ4n) is 2.95. The van der Waals surface area contributed by atoms with Gasteiger partial charge in [0.1, 0.15) is 5.69 Å². The molecule has 152 valence electrons. The molecule has 0 atom stereocenters. The largest absolute Gasteiger partial charge is 0.450 e. The molecule has 1 fully saturated rings.